The Bertz CT molecular complexity index is 835. The first-order valence-electron chi connectivity index (χ1n) is 9.68. The van der Waals surface area contributed by atoms with Gasteiger partial charge in [0.15, 0.2) is 0 Å². The average Bonchev–Trinajstić information content (AvgIpc) is 2.73. The number of nitrogens with zero attached hydrogens (tertiary/aromatic N) is 2. The van der Waals surface area contributed by atoms with Crippen LogP contribution >= 0.6 is 23.2 Å². The van der Waals surface area contributed by atoms with E-state index in [0.717, 1.165) is 61.8 Å². The molecule has 0 spiro atoms. The zero-order chi connectivity index (χ0) is 20.1. The molecule has 1 aliphatic rings. The van der Waals surface area contributed by atoms with Crippen molar-refractivity contribution in [1.29, 1.82) is 0 Å². The zero-order valence-corrected chi connectivity index (χ0v) is 18.0. The number of halogens is 2. The van der Waals surface area contributed by atoms with Crippen molar-refractivity contribution in [2.75, 3.05) is 31.7 Å². The molecule has 1 aromatic carbocycles. The Morgan fingerprint density at radius 3 is 2.68 bits per heavy atom. The van der Waals surface area contributed by atoms with Crippen molar-refractivity contribution in [2.45, 2.75) is 26.2 Å². The van der Waals surface area contributed by atoms with Crippen molar-refractivity contribution in [3.05, 3.63) is 58.2 Å². The molecule has 150 valence electrons. The van der Waals surface area contributed by atoms with Gasteiger partial charge in [0, 0.05) is 50.0 Å². The molecule has 1 fully saturated rings. The monoisotopic (exact) mass is 419 g/mol. The van der Waals surface area contributed by atoms with Crippen LogP contribution in [0.4, 0.5) is 11.5 Å². The van der Waals surface area contributed by atoms with E-state index in [1.807, 2.05) is 30.3 Å². The van der Waals surface area contributed by atoms with E-state index in [1.165, 1.54) is 5.56 Å². The molecule has 0 unspecified atom stereocenters. The van der Waals surface area contributed by atoms with E-state index >= 15 is 0 Å². The van der Waals surface area contributed by atoms with Gasteiger partial charge in [-0.05, 0) is 55.0 Å². The summed E-state index contributed by atoms with van der Waals surface area (Å²) >= 11 is 12.2. The highest BCUT2D eigenvalue weighted by Crippen LogP contribution is 2.31. The number of hydrogen-bond donors (Lipinski definition) is 1. The number of aromatic nitrogens is 1. The van der Waals surface area contributed by atoms with Gasteiger partial charge >= 0.3 is 0 Å². The molecule has 4 nitrogen and oxygen atoms in total. The van der Waals surface area contributed by atoms with Crippen molar-refractivity contribution in [3.8, 4) is 0 Å². The molecule has 0 amide bonds. The van der Waals surface area contributed by atoms with Gasteiger partial charge in [-0.25, -0.2) is 4.98 Å². The number of ether oxygens (including phenoxy) is 1. The molecular formula is C22H27Cl2N3O. The molecule has 2 heterocycles. The van der Waals surface area contributed by atoms with Crippen LogP contribution in [0.25, 0.3) is 5.70 Å². The Morgan fingerprint density at radius 2 is 2.00 bits per heavy atom. The van der Waals surface area contributed by atoms with E-state index in [9.17, 15) is 0 Å². The molecule has 1 N–H and O–H groups in total. The third-order valence-electron chi connectivity index (χ3n) is 5.26. The van der Waals surface area contributed by atoms with Crippen LogP contribution in [0, 0.1) is 5.92 Å². The molecule has 2 aromatic rings. The first-order chi connectivity index (χ1) is 13.5. The Kier molecular flexibility index (Phi) is 7.22. The number of hydrogen-bond acceptors (Lipinski definition) is 4. The fraction of sp³-hybridized carbons (Fsp3) is 0.409. The maximum Gasteiger partial charge on any atom is 0.132 e. The summed E-state index contributed by atoms with van der Waals surface area (Å²) in [6.45, 7) is 9.03. The van der Waals surface area contributed by atoms with Crippen LogP contribution in [0.5, 0.6) is 0 Å². The summed E-state index contributed by atoms with van der Waals surface area (Å²) in [6, 6.07) is 7.69. The number of anilines is 2. The summed E-state index contributed by atoms with van der Waals surface area (Å²) in [7, 11) is 1.97. The second kappa shape index (κ2) is 9.64. The van der Waals surface area contributed by atoms with Gasteiger partial charge in [0.05, 0.1) is 10.0 Å². The molecule has 1 aliphatic heterocycles. The topological polar surface area (TPSA) is 37.4 Å². The van der Waals surface area contributed by atoms with E-state index in [1.54, 1.807) is 6.07 Å². The average molecular weight is 420 g/mol. The number of nitrogens with one attached hydrogen (secondary N) is 1. The predicted molar refractivity (Wildman–Crippen MR) is 119 cm³/mol. The smallest absolute Gasteiger partial charge is 0.132 e. The number of pyridine rings is 1. The van der Waals surface area contributed by atoms with E-state index in [-0.39, 0.29) is 0 Å². The first kappa shape index (κ1) is 21.0. The molecule has 0 bridgehead atoms. The maximum atomic E-state index is 6.16. The quantitative estimate of drug-likeness (QED) is 0.623. The van der Waals surface area contributed by atoms with E-state index in [0.29, 0.717) is 16.0 Å². The van der Waals surface area contributed by atoms with Crippen LogP contribution in [0.15, 0.2) is 37.0 Å². The fourth-order valence-corrected chi connectivity index (χ4v) is 3.66. The van der Waals surface area contributed by atoms with Crippen molar-refractivity contribution >= 4 is 40.4 Å². The van der Waals surface area contributed by atoms with Gasteiger partial charge in [-0.15, -0.1) is 0 Å². The van der Waals surface area contributed by atoms with E-state index in [2.05, 4.69) is 29.9 Å². The second-order valence-electron chi connectivity index (χ2n) is 7.13. The lowest BCUT2D eigenvalue weighted by Gasteiger charge is -2.24. The van der Waals surface area contributed by atoms with Crippen LogP contribution < -0.4 is 10.2 Å². The summed E-state index contributed by atoms with van der Waals surface area (Å²) in [6.07, 6.45) is 5.01. The number of rotatable bonds is 7. The van der Waals surface area contributed by atoms with Crippen molar-refractivity contribution in [1.82, 2.24) is 10.3 Å². The Morgan fingerprint density at radius 1 is 1.25 bits per heavy atom. The van der Waals surface area contributed by atoms with E-state index < -0.39 is 0 Å². The SMILES string of the molecule is C=C(NCC1CCOCC1)c1cnc(N(C)c2ccc(Cl)c(Cl)c2)cc1CC. The Hall–Kier alpha value is -1.75. The molecule has 28 heavy (non-hydrogen) atoms. The third-order valence-corrected chi connectivity index (χ3v) is 6.00. The van der Waals surface area contributed by atoms with Crippen LogP contribution in [0.2, 0.25) is 10.0 Å². The van der Waals surface area contributed by atoms with Gasteiger partial charge in [-0.3, -0.25) is 0 Å². The Balaban J connectivity index is 1.73. The van der Waals surface area contributed by atoms with Gasteiger partial charge in [0.25, 0.3) is 0 Å². The summed E-state index contributed by atoms with van der Waals surface area (Å²) in [4.78, 5) is 6.66. The van der Waals surface area contributed by atoms with Gasteiger partial charge in [0.2, 0.25) is 0 Å². The summed E-state index contributed by atoms with van der Waals surface area (Å²) < 4.78 is 5.43. The summed E-state index contributed by atoms with van der Waals surface area (Å²) in [5.74, 6) is 1.50. The normalized spacial score (nSPS) is 14.7. The molecule has 0 aliphatic carbocycles. The molecule has 1 aromatic heterocycles. The van der Waals surface area contributed by atoms with E-state index in [4.69, 9.17) is 27.9 Å². The fourth-order valence-electron chi connectivity index (χ4n) is 3.37. The molecule has 0 radical (unpaired) electrons. The summed E-state index contributed by atoms with van der Waals surface area (Å²) in [5, 5.41) is 4.58. The standard InChI is InChI=1S/C22H27Cl2N3O/c1-4-17-11-22(27(3)18-5-6-20(23)21(24)12-18)26-14-19(17)15(2)25-13-16-7-9-28-10-8-16/h5-6,11-12,14,16,25H,2,4,7-10,13H2,1,3H3. The number of benzene rings is 1. The third kappa shape index (κ3) is 4.99. The Labute approximate surface area is 177 Å². The minimum atomic E-state index is 0.532. The highest BCUT2D eigenvalue weighted by Gasteiger charge is 2.16. The van der Waals surface area contributed by atoms with Crippen molar-refractivity contribution < 1.29 is 4.74 Å². The highest BCUT2D eigenvalue weighted by atomic mass is 35.5. The molecule has 0 saturated carbocycles. The molecule has 0 atom stereocenters. The maximum absolute atomic E-state index is 6.16. The lowest BCUT2D eigenvalue weighted by Crippen LogP contribution is -2.27. The number of aryl methyl sites for hydroxylation is 1. The highest BCUT2D eigenvalue weighted by molar-refractivity contribution is 6.42. The van der Waals surface area contributed by atoms with Crippen LogP contribution in [-0.2, 0) is 11.2 Å². The first-order valence-corrected chi connectivity index (χ1v) is 10.4. The van der Waals surface area contributed by atoms with Gasteiger partial charge < -0.3 is 15.0 Å². The van der Waals surface area contributed by atoms with Gasteiger partial charge in [0.1, 0.15) is 5.82 Å². The minimum absolute atomic E-state index is 0.532. The largest absolute Gasteiger partial charge is 0.385 e. The van der Waals surface area contributed by atoms with Crippen LogP contribution in [0.3, 0.4) is 0 Å². The lowest BCUT2D eigenvalue weighted by molar-refractivity contribution is 0.0674. The van der Waals surface area contributed by atoms with Gasteiger partial charge in [-0.2, -0.15) is 0 Å². The van der Waals surface area contributed by atoms with Gasteiger partial charge in [-0.1, -0.05) is 36.7 Å². The molecule has 6 heteroatoms. The predicted octanol–water partition coefficient (Wildman–Crippen LogP) is 5.71. The lowest BCUT2D eigenvalue weighted by atomic mass is 9.99. The zero-order valence-electron chi connectivity index (χ0n) is 16.5. The minimum Gasteiger partial charge on any atom is -0.385 e. The molecular weight excluding hydrogens is 393 g/mol. The second-order valence-corrected chi connectivity index (χ2v) is 7.94. The van der Waals surface area contributed by atoms with Crippen LogP contribution in [0.1, 0.15) is 30.9 Å². The summed E-state index contributed by atoms with van der Waals surface area (Å²) in [5.41, 5.74) is 4.15. The van der Waals surface area contributed by atoms with Crippen LogP contribution in [-0.4, -0.2) is 31.8 Å². The molecule has 1 saturated heterocycles. The van der Waals surface area contributed by atoms with Crippen molar-refractivity contribution in [2.24, 2.45) is 5.92 Å². The molecule has 3 rings (SSSR count). The van der Waals surface area contributed by atoms with Crippen molar-refractivity contribution in [3.63, 3.8) is 0 Å².